The van der Waals surface area contributed by atoms with E-state index in [0.717, 1.165) is 19.3 Å². The second-order valence-electron chi connectivity index (χ2n) is 10.6. The molecular weight excluding hydrogens is 453 g/mol. The van der Waals surface area contributed by atoms with Crippen LogP contribution in [-0.4, -0.2) is 41.3 Å². The molecule has 0 unspecified atom stereocenters. The molecule has 2 atom stereocenters. The van der Waals surface area contributed by atoms with Crippen molar-refractivity contribution < 1.29 is 18.7 Å². The highest BCUT2D eigenvalue weighted by Crippen LogP contribution is 2.41. The van der Waals surface area contributed by atoms with E-state index in [1.165, 1.54) is 12.1 Å². The highest BCUT2D eigenvalue weighted by atomic mass is 19.1. The number of ether oxygens (including phenoxy) is 1. The molecule has 9 nitrogen and oxygen atoms in total. The minimum atomic E-state index is -0.634. The molecule has 35 heavy (non-hydrogen) atoms. The number of anilines is 1. The van der Waals surface area contributed by atoms with Crippen LogP contribution in [0.2, 0.25) is 0 Å². The molecule has 0 bridgehead atoms. The SMILES string of the molecule is Cc1c(N2CC[C@@H]([C@H](C)NC(=O)OC(C)(C)C)C2)c(F)cc2c(C(=O)NN)cc(=O)n(C3CC3)c12. The molecule has 2 aromatic rings. The Morgan fingerprint density at radius 1 is 1.23 bits per heavy atom. The summed E-state index contributed by atoms with van der Waals surface area (Å²) in [6.45, 7) is 10.3. The number of hydrogen-bond donors (Lipinski definition) is 3. The lowest BCUT2D eigenvalue weighted by Crippen LogP contribution is -2.42. The van der Waals surface area contributed by atoms with E-state index in [4.69, 9.17) is 10.6 Å². The van der Waals surface area contributed by atoms with Gasteiger partial charge in [0, 0.05) is 36.6 Å². The highest BCUT2D eigenvalue weighted by molar-refractivity contribution is 6.07. The van der Waals surface area contributed by atoms with E-state index in [2.05, 4.69) is 10.7 Å². The fraction of sp³-hybridized carbons (Fsp3) is 0.560. The lowest BCUT2D eigenvalue weighted by atomic mass is 10.0. The first-order valence-electron chi connectivity index (χ1n) is 12.0. The maximum Gasteiger partial charge on any atom is 0.407 e. The molecule has 1 aliphatic heterocycles. The average Bonchev–Trinajstić information content (AvgIpc) is 3.47. The number of hydrazine groups is 1. The molecule has 10 heteroatoms. The van der Waals surface area contributed by atoms with E-state index in [0.29, 0.717) is 35.2 Å². The number of carbonyl (C=O) groups excluding carboxylic acids is 2. The number of amides is 2. The summed E-state index contributed by atoms with van der Waals surface area (Å²) in [4.78, 5) is 39.5. The van der Waals surface area contributed by atoms with Crippen LogP contribution in [-0.2, 0) is 4.74 Å². The Morgan fingerprint density at radius 2 is 1.91 bits per heavy atom. The van der Waals surface area contributed by atoms with Crippen molar-refractivity contribution >= 4 is 28.6 Å². The van der Waals surface area contributed by atoms with Gasteiger partial charge in [-0.1, -0.05) is 0 Å². The molecular formula is C25H34FN5O4. The quantitative estimate of drug-likeness (QED) is 0.339. The molecule has 2 fully saturated rings. The number of aryl methyl sites for hydroxylation is 1. The Hall–Kier alpha value is -3.14. The molecule has 0 radical (unpaired) electrons. The maximum absolute atomic E-state index is 15.6. The topological polar surface area (TPSA) is 119 Å². The third kappa shape index (κ3) is 4.98. The van der Waals surface area contributed by atoms with Crippen molar-refractivity contribution in [3.8, 4) is 0 Å². The number of nitrogen functional groups attached to an aromatic ring is 1. The zero-order valence-electron chi connectivity index (χ0n) is 20.9. The summed E-state index contributed by atoms with van der Waals surface area (Å²) < 4.78 is 22.6. The molecule has 0 spiro atoms. The number of fused-ring (bicyclic) bond motifs is 1. The maximum atomic E-state index is 15.6. The summed E-state index contributed by atoms with van der Waals surface area (Å²) in [6.07, 6.45) is 2.02. The largest absolute Gasteiger partial charge is 0.444 e. The van der Waals surface area contributed by atoms with Crippen molar-refractivity contribution in [1.29, 1.82) is 0 Å². The molecule has 1 aromatic carbocycles. The molecule has 1 saturated carbocycles. The van der Waals surface area contributed by atoms with Gasteiger partial charge in [-0.2, -0.15) is 0 Å². The van der Waals surface area contributed by atoms with E-state index in [9.17, 15) is 14.4 Å². The van der Waals surface area contributed by atoms with Crippen LogP contribution in [0.1, 0.15) is 68.9 Å². The molecule has 190 valence electrons. The molecule has 2 aliphatic rings. The van der Waals surface area contributed by atoms with Crippen molar-refractivity contribution in [2.45, 2.75) is 71.6 Å². The van der Waals surface area contributed by atoms with Crippen LogP contribution in [0.15, 0.2) is 16.9 Å². The first-order chi connectivity index (χ1) is 16.4. The summed E-state index contributed by atoms with van der Waals surface area (Å²) in [5.74, 6) is 4.32. The Kier molecular flexibility index (Phi) is 6.52. The standard InChI is InChI=1S/C25H34FN5O4/c1-13-21-17(18(23(33)29-27)11-20(32)31(21)16-6-7-16)10-19(26)22(13)30-9-8-15(12-30)14(2)28-24(34)35-25(3,4)5/h10-11,14-16H,6-9,12,27H2,1-5H3,(H,28,34)(H,29,33)/t14-,15+/m0/s1. The smallest absolute Gasteiger partial charge is 0.407 e. The number of halogens is 1. The van der Waals surface area contributed by atoms with Crippen molar-refractivity contribution in [2.75, 3.05) is 18.0 Å². The summed E-state index contributed by atoms with van der Waals surface area (Å²) in [7, 11) is 0. The fourth-order valence-corrected chi connectivity index (χ4v) is 5.01. The third-order valence-corrected chi connectivity index (χ3v) is 6.78. The van der Waals surface area contributed by atoms with E-state index in [1.807, 2.05) is 32.6 Å². The molecule has 4 rings (SSSR count). The summed E-state index contributed by atoms with van der Waals surface area (Å²) in [6, 6.07) is 2.44. The molecule has 4 N–H and O–H groups in total. The molecule has 2 amide bonds. The number of carbonyl (C=O) groups is 2. The van der Waals surface area contributed by atoms with Crippen LogP contribution in [0.25, 0.3) is 10.9 Å². The lowest BCUT2D eigenvalue weighted by molar-refractivity contribution is 0.0494. The number of pyridine rings is 1. The molecule has 1 saturated heterocycles. The predicted octanol–water partition coefficient (Wildman–Crippen LogP) is 3.13. The molecule has 1 aromatic heterocycles. The van der Waals surface area contributed by atoms with Gasteiger partial charge in [-0.25, -0.2) is 15.0 Å². The van der Waals surface area contributed by atoms with Crippen molar-refractivity contribution in [2.24, 2.45) is 11.8 Å². The van der Waals surface area contributed by atoms with Crippen LogP contribution in [0.5, 0.6) is 0 Å². The van der Waals surface area contributed by atoms with Crippen LogP contribution in [0.4, 0.5) is 14.9 Å². The Morgan fingerprint density at radius 3 is 2.51 bits per heavy atom. The van der Waals surface area contributed by atoms with Gasteiger partial charge in [-0.15, -0.1) is 0 Å². The van der Waals surface area contributed by atoms with Gasteiger partial charge in [0.25, 0.3) is 11.5 Å². The number of rotatable bonds is 5. The third-order valence-electron chi connectivity index (χ3n) is 6.78. The lowest BCUT2D eigenvalue weighted by Gasteiger charge is -2.27. The number of nitrogens with zero attached hydrogens (tertiary/aromatic N) is 2. The van der Waals surface area contributed by atoms with Crippen LogP contribution < -0.4 is 27.0 Å². The number of alkyl carbamates (subject to hydrolysis) is 1. The van der Waals surface area contributed by atoms with Crippen LogP contribution in [0, 0.1) is 18.7 Å². The molecule has 1 aliphatic carbocycles. The van der Waals surface area contributed by atoms with Gasteiger partial charge in [0.05, 0.1) is 16.8 Å². The number of nitrogens with one attached hydrogen (secondary N) is 2. The average molecular weight is 488 g/mol. The van der Waals surface area contributed by atoms with E-state index < -0.39 is 23.4 Å². The number of aromatic nitrogens is 1. The van der Waals surface area contributed by atoms with Gasteiger partial charge < -0.3 is 19.5 Å². The van der Waals surface area contributed by atoms with Gasteiger partial charge in [-0.05, 0) is 71.4 Å². The zero-order chi connectivity index (χ0) is 25.7. The van der Waals surface area contributed by atoms with Crippen LogP contribution >= 0.6 is 0 Å². The fourth-order valence-electron chi connectivity index (χ4n) is 5.01. The number of benzene rings is 1. The summed E-state index contributed by atoms with van der Waals surface area (Å²) >= 11 is 0. The van der Waals surface area contributed by atoms with Crippen molar-refractivity contribution in [3.05, 3.63) is 39.4 Å². The Labute approximate surface area is 203 Å². The number of hydrogen-bond acceptors (Lipinski definition) is 6. The molecule has 2 heterocycles. The minimum Gasteiger partial charge on any atom is -0.444 e. The van der Waals surface area contributed by atoms with Gasteiger partial charge in [0.15, 0.2) is 0 Å². The Bertz CT molecular complexity index is 1230. The zero-order valence-corrected chi connectivity index (χ0v) is 20.9. The van der Waals surface area contributed by atoms with Gasteiger partial charge in [0.1, 0.15) is 11.4 Å². The van der Waals surface area contributed by atoms with Gasteiger partial charge in [-0.3, -0.25) is 15.0 Å². The predicted molar refractivity (Wildman–Crippen MR) is 132 cm³/mol. The minimum absolute atomic E-state index is 0.0429. The second-order valence-corrected chi connectivity index (χ2v) is 10.6. The first-order valence-corrected chi connectivity index (χ1v) is 12.0. The monoisotopic (exact) mass is 487 g/mol. The van der Waals surface area contributed by atoms with E-state index >= 15 is 4.39 Å². The Balaban J connectivity index is 1.68. The van der Waals surface area contributed by atoms with E-state index in [-0.39, 0.29) is 29.1 Å². The number of nitrogens with two attached hydrogens (primary N) is 1. The second kappa shape index (κ2) is 9.14. The highest BCUT2D eigenvalue weighted by Gasteiger charge is 2.34. The first kappa shape index (κ1) is 25.0. The van der Waals surface area contributed by atoms with Crippen molar-refractivity contribution in [3.63, 3.8) is 0 Å². The van der Waals surface area contributed by atoms with Gasteiger partial charge >= 0.3 is 6.09 Å². The normalized spacial score (nSPS) is 19.1. The van der Waals surface area contributed by atoms with Gasteiger partial charge in [0.2, 0.25) is 0 Å². The summed E-state index contributed by atoms with van der Waals surface area (Å²) in [5.41, 5.74) is 2.84. The summed E-state index contributed by atoms with van der Waals surface area (Å²) in [5, 5.41) is 3.26. The van der Waals surface area contributed by atoms with Crippen LogP contribution in [0.3, 0.4) is 0 Å². The van der Waals surface area contributed by atoms with E-state index in [1.54, 1.807) is 11.5 Å². The van der Waals surface area contributed by atoms with Crippen molar-refractivity contribution in [1.82, 2.24) is 15.3 Å².